The fraction of sp³-hybridized carbons (Fsp3) is 0.417. The number of amides is 2. The van der Waals surface area contributed by atoms with Gasteiger partial charge in [-0.2, -0.15) is 0 Å². The largest absolute Gasteiger partial charge is 0.450 e. The number of nitrogens with one attached hydrogen (secondary N) is 2. The number of nitrogens with zero attached hydrogens (tertiary/aromatic N) is 1. The molecule has 2 amide bonds. The van der Waals surface area contributed by atoms with Crippen molar-refractivity contribution in [1.29, 1.82) is 0 Å². The van der Waals surface area contributed by atoms with Crippen molar-refractivity contribution in [3.05, 3.63) is 53.6 Å². The first kappa shape index (κ1) is 21.3. The van der Waals surface area contributed by atoms with Crippen molar-refractivity contribution in [2.75, 3.05) is 49.7 Å². The van der Waals surface area contributed by atoms with Gasteiger partial charge < -0.3 is 14.4 Å². The topological polar surface area (TPSA) is 72.3 Å². The van der Waals surface area contributed by atoms with Gasteiger partial charge in [-0.05, 0) is 49.1 Å². The van der Waals surface area contributed by atoms with Crippen LogP contribution >= 0.6 is 0 Å². The van der Waals surface area contributed by atoms with Crippen molar-refractivity contribution in [3.8, 4) is 0 Å². The highest BCUT2D eigenvalue weighted by Gasteiger charge is 2.27. The fourth-order valence-corrected chi connectivity index (χ4v) is 4.26. The van der Waals surface area contributed by atoms with Crippen LogP contribution in [-0.4, -0.2) is 51.5 Å². The van der Waals surface area contributed by atoms with Crippen molar-refractivity contribution in [1.82, 2.24) is 0 Å². The molecule has 0 aliphatic carbocycles. The van der Waals surface area contributed by atoms with Crippen LogP contribution in [-0.2, 0) is 27.1 Å². The Morgan fingerprint density at radius 1 is 1.06 bits per heavy atom. The molecule has 0 spiro atoms. The van der Waals surface area contributed by atoms with E-state index in [1.165, 1.54) is 4.90 Å². The molecule has 2 heterocycles. The monoisotopic (exact) mass is 424 g/mol. The van der Waals surface area contributed by atoms with E-state index in [0.29, 0.717) is 18.7 Å². The summed E-state index contributed by atoms with van der Waals surface area (Å²) in [6.45, 7) is 6.24. The smallest absolute Gasteiger partial charge is 0.411 e. The Hall–Kier alpha value is -2.90. The Morgan fingerprint density at radius 2 is 1.81 bits per heavy atom. The molecule has 0 bridgehead atoms. The number of ether oxygens (including phenoxy) is 2. The quantitative estimate of drug-likeness (QED) is 0.773. The Balaban J connectivity index is 1.63. The van der Waals surface area contributed by atoms with Crippen LogP contribution < -0.4 is 15.1 Å². The second-order valence-corrected chi connectivity index (χ2v) is 7.91. The number of para-hydroxylation sites is 1. The zero-order valence-corrected chi connectivity index (χ0v) is 18.0. The summed E-state index contributed by atoms with van der Waals surface area (Å²) >= 11 is 0. The number of hydrogen-bond donors (Lipinski definition) is 2. The molecule has 0 aromatic heterocycles. The zero-order chi connectivity index (χ0) is 21.6. The van der Waals surface area contributed by atoms with Gasteiger partial charge in [0.1, 0.15) is 13.1 Å². The van der Waals surface area contributed by atoms with Gasteiger partial charge >= 0.3 is 6.09 Å². The lowest BCUT2D eigenvalue weighted by Crippen LogP contribution is -3.14. The average Bonchev–Trinajstić information content (AvgIpc) is 2.95. The lowest BCUT2D eigenvalue weighted by atomic mass is 10.0. The lowest BCUT2D eigenvalue weighted by Gasteiger charge is -2.27. The standard InChI is InChI=1S/C24H29N3O4/c1-2-31-24(29)25-20-10-9-19-8-7-18-5-3-4-6-21(18)27(22(19)17-20)23(28)11-12-26-13-15-30-16-14-26/h3-6,9-10,17H,2,7-8,11-16H2,1H3,(H,25,29)/p+1. The molecule has 4 rings (SSSR count). The number of morpholine rings is 1. The molecule has 164 valence electrons. The predicted octanol–water partition coefficient (Wildman–Crippen LogP) is 2.32. The number of quaternary nitrogens is 1. The molecule has 7 heteroatoms. The second kappa shape index (κ2) is 9.94. The number of aryl methyl sites for hydroxylation is 2. The fourth-order valence-electron chi connectivity index (χ4n) is 4.26. The van der Waals surface area contributed by atoms with Crippen molar-refractivity contribution in [3.63, 3.8) is 0 Å². The van der Waals surface area contributed by atoms with E-state index in [1.807, 2.05) is 41.3 Å². The van der Waals surface area contributed by atoms with Gasteiger partial charge in [0.25, 0.3) is 0 Å². The van der Waals surface area contributed by atoms with E-state index in [-0.39, 0.29) is 5.91 Å². The maximum Gasteiger partial charge on any atom is 0.411 e. The summed E-state index contributed by atoms with van der Waals surface area (Å²) in [4.78, 5) is 28.7. The molecule has 0 atom stereocenters. The zero-order valence-electron chi connectivity index (χ0n) is 18.0. The molecule has 2 aliphatic heterocycles. The van der Waals surface area contributed by atoms with Crippen LogP contribution in [0.5, 0.6) is 0 Å². The summed E-state index contributed by atoms with van der Waals surface area (Å²) in [7, 11) is 0. The van der Waals surface area contributed by atoms with E-state index >= 15 is 0 Å². The van der Waals surface area contributed by atoms with Gasteiger partial charge in [0, 0.05) is 5.69 Å². The number of carbonyl (C=O) groups is 2. The molecule has 2 N–H and O–H groups in total. The molecular weight excluding hydrogens is 394 g/mol. The maximum atomic E-state index is 13.5. The van der Waals surface area contributed by atoms with Crippen LogP contribution in [0.4, 0.5) is 21.9 Å². The highest BCUT2D eigenvalue weighted by Crippen LogP contribution is 2.38. The summed E-state index contributed by atoms with van der Waals surface area (Å²) in [6, 6.07) is 13.8. The summed E-state index contributed by atoms with van der Waals surface area (Å²) in [6.07, 6.45) is 1.67. The van der Waals surface area contributed by atoms with E-state index in [1.54, 1.807) is 6.92 Å². The van der Waals surface area contributed by atoms with Crippen molar-refractivity contribution < 1.29 is 24.0 Å². The Labute approximate surface area is 182 Å². The van der Waals surface area contributed by atoms with Gasteiger partial charge in [-0.3, -0.25) is 15.0 Å². The van der Waals surface area contributed by atoms with E-state index in [2.05, 4.69) is 11.4 Å². The van der Waals surface area contributed by atoms with Gasteiger partial charge in [-0.1, -0.05) is 24.3 Å². The van der Waals surface area contributed by atoms with Crippen LogP contribution in [0, 0.1) is 0 Å². The third-order valence-electron chi connectivity index (χ3n) is 5.89. The highest BCUT2D eigenvalue weighted by atomic mass is 16.5. The third-order valence-corrected chi connectivity index (χ3v) is 5.89. The number of carbonyl (C=O) groups excluding carboxylic acids is 2. The molecule has 31 heavy (non-hydrogen) atoms. The first-order valence-corrected chi connectivity index (χ1v) is 11.0. The maximum absolute atomic E-state index is 13.5. The molecule has 0 unspecified atom stereocenters. The minimum Gasteiger partial charge on any atom is -0.450 e. The van der Waals surface area contributed by atoms with Crippen LogP contribution in [0.15, 0.2) is 42.5 Å². The Morgan fingerprint density at radius 3 is 2.58 bits per heavy atom. The Kier molecular flexibility index (Phi) is 6.84. The van der Waals surface area contributed by atoms with Crippen LogP contribution in [0.3, 0.4) is 0 Å². The summed E-state index contributed by atoms with van der Waals surface area (Å²) in [5, 5.41) is 2.76. The lowest BCUT2D eigenvalue weighted by molar-refractivity contribution is -0.907. The molecule has 1 fully saturated rings. The minimum atomic E-state index is -0.495. The first-order chi connectivity index (χ1) is 15.2. The predicted molar refractivity (Wildman–Crippen MR) is 119 cm³/mol. The molecule has 1 saturated heterocycles. The molecule has 2 aromatic carbocycles. The van der Waals surface area contributed by atoms with E-state index in [9.17, 15) is 9.59 Å². The number of rotatable bonds is 5. The van der Waals surface area contributed by atoms with Gasteiger partial charge in [0.2, 0.25) is 5.91 Å². The normalized spacial score (nSPS) is 16.1. The van der Waals surface area contributed by atoms with Crippen LogP contribution in [0.2, 0.25) is 0 Å². The molecule has 2 aliphatic rings. The number of hydrogen-bond acceptors (Lipinski definition) is 4. The molecule has 0 saturated carbocycles. The van der Waals surface area contributed by atoms with E-state index in [0.717, 1.165) is 68.2 Å². The molecule has 2 aromatic rings. The molecule has 7 nitrogen and oxygen atoms in total. The number of benzene rings is 2. The van der Waals surface area contributed by atoms with Gasteiger partial charge in [-0.15, -0.1) is 0 Å². The summed E-state index contributed by atoms with van der Waals surface area (Å²) < 4.78 is 10.4. The first-order valence-electron chi connectivity index (χ1n) is 11.0. The number of anilines is 3. The van der Waals surface area contributed by atoms with E-state index in [4.69, 9.17) is 9.47 Å². The SMILES string of the molecule is CCOC(=O)Nc1ccc2c(c1)N(C(=O)CC[NH+]1CCOCC1)c1ccccc1CC2. The van der Waals surface area contributed by atoms with E-state index < -0.39 is 6.09 Å². The van der Waals surface area contributed by atoms with Crippen molar-refractivity contribution >= 4 is 29.1 Å². The summed E-state index contributed by atoms with van der Waals surface area (Å²) in [5.41, 5.74) is 4.63. The second-order valence-electron chi connectivity index (χ2n) is 7.91. The van der Waals surface area contributed by atoms with Gasteiger partial charge in [0.05, 0.1) is 44.2 Å². The van der Waals surface area contributed by atoms with Crippen LogP contribution in [0.1, 0.15) is 24.5 Å². The van der Waals surface area contributed by atoms with Crippen LogP contribution in [0.25, 0.3) is 0 Å². The third kappa shape index (κ3) is 5.06. The van der Waals surface area contributed by atoms with Crippen molar-refractivity contribution in [2.24, 2.45) is 0 Å². The van der Waals surface area contributed by atoms with Gasteiger partial charge in [-0.25, -0.2) is 4.79 Å². The van der Waals surface area contributed by atoms with Gasteiger partial charge in [0.15, 0.2) is 0 Å². The summed E-state index contributed by atoms with van der Waals surface area (Å²) in [5.74, 6) is 0.0721. The number of fused-ring (bicyclic) bond motifs is 2. The molecular formula is C24H30N3O4+. The highest BCUT2D eigenvalue weighted by molar-refractivity contribution is 6.03. The molecule has 0 radical (unpaired) electrons. The minimum absolute atomic E-state index is 0.0721. The Bertz CT molecular complexity index is 940. The van der Waals surface area contributed by atoms with Crippen molar-refractivity contribution in [2.45, 2.75) is 26.2 Å². The average molecular weight is 425 g/mol.